The predicted molar refractivity (Wildman–Crippen MR) is 80.1 cm³/mol. The Morgan fingerprint density at radius 1 is 1.35 bits per heavy atom. The maximum absolute atomic E-state index is 12.7. The average molecular weight is 297 g/mol. The van der Waals surface area contributed by atoms with Crippen molar-refractivity contribution >= 4 is 17.5 Å². The number of benzene rings is 1. The Morgan fingerprint density at radius 3 is 2.75 bits per heavy atom. The Morgan fingerprint density at radius 2 is 2.10 bits per heavy atom. The molecule has 0 aromatic heterocycles. The van der Waals surface area contributed by atoms with Gasteiger partial charge in [-0.2, -0.15) is 0 Å². The van der Waals surface area contributed by atoms with Gasteiger partial charge in [0.05, 0.1) is 5.41 Å². The van der Waals surface area contributed by atoms with E-state index < -0.39 is 5.41 Å². The van der Waals surface area contributed by atoms with Gasteiger partial charge in [-0.15, -0.1) is 0 Å². The lowest BCUT2D eigenvalue weighted by atomic mass is 9.73. The quantitative estimate of drug-likeness (QED) is 0.814. The molecule has 1 fully saturated rings. The molecule has 1 saturated heterocycles. The topological polar surface area (TPSA) is 50.4 Å². The molecule has 0 spiro atoms. The van der Waals surface area contributed by atoms with Crippen LogP contribution in [0.3, 0.4) is 0 Å². The van der Waals surface area contributed by atoms with Crippen molar-refractivity contribution < 1.29 is 9.53 Å². The Labute approximate surface area is 124 Å². The highest BCUT2D eigenvalue weighted by Gasteiger charge is 2.41. The van der Waals surface area contributed by atoms with Crippen LogP contribution >= 0.6 is 11.6 Å². The van der Waals surface area contributed by atoms with Crippen molar-refractivity contribution in [2.45, 2.75) is 18.3 Å². The lowest BCUT2D eigenvalue weighted by molar-refractivity contribution is -0.130. The summed E-state index contributed by atoms with van der Waals surface area (Å²) in [5, 5.41) is 6.70. The van der Waals surface area contributed by atoms with Gasteiger partial charge in [-0.05, 0) is 37.6 Å². The molecule has 1 heterocycles. The molecular formula is C15H21ClN2O2. The van der Waals surface area contributed by atoms with Crippen molar-refractivity contribution in [3.8, 4) is 0 Å². The summed E-state index contributed by atoms with van der Waals surface area (Å²) in [6, 6.07) is 7.60. The van der Waals surface area contributed by atoms with Crippen LogP contribution in [0.2, 0.25) is 5.02 Å². The second-order valence-corrected chi connectivity index (χ2v) is 5.50. The molecule has 110 valence electrons. The van der Waals surface area contributed by atoms with E-state index in [1.807, 2.05) is 31.3 Å². The Balaban J connectivity index is 2.23. The highest BCUT2D eigenvalue weighted by Crippen LogP contribution is 2.36. The number of halogens is 1. The van der Waals surface area contributed by atoms with Crippen molar-refractivity contribution in [1.82, 2.24) is 10.6 Å². The molecule has 20 heavy (non-hydrogen) atoms. The zero-order valence-corrected chi connectivity index (χ0v) is 12.5. The molecule has 1 aliphatic rings. The zero-order valence-electron chi connectivity index (χ0n) is 11.7. The first-order chi connectivity index (χ1) is 9.69. The molecule has 1 aliphatic heterocycles. The van der Waals surface area contributed by atoms with Crippen LogP contribution in [0.5, 0.6) is 0 Å². The van der Waals surface area contributed by atoms with Gasteiger partial charge >= 0.3 is 0 Å². The zero-order chi connectivity index (χ0) is 14.4. The summed E-state index contributed by atoms with van der Waals surface area (Å²) in [5.74, 6) is 0.0679. The smallest absolute Gasteiger partial charge is 0.230 e. The molecule has 0 unspecified atom stereocenters. The standard InChI is InChI=1S/C15H21ClN2O2/c1-17-7-8-18-14(19)15(5-9-20-10-6-15)12-3-2-4-13(16)11-12/h2-4,11,17H,5-10H2,1H3,(H,18,19). The minimum Gasteiger partial charge on any atom is -0.381 e. The van der Waals surface area contributed by atoms with Gasteiger partial charge in [0, 0.05) is 31.3 Å². The van der Waals surface area contributed by atoms with Crippen molar-refractivity contribution in [3.05, 3.63) is 34.9 Å². The Bertz CT molecular complexity index is 459. The second-order valence-electron chi connectivity index (χ2n) is 5.06. The van der Waals surface area contributed by atoms with Gasteiger partial charge in [0.25, 0.3) is 0 Å². The minimum absolute atomic E-state index is 0.0679. The van der Waals surface area contributed by atoms with Gasteiger partial charge in [0.15, 0.2) is 0 Å². The Kier molecular flexibility index (Phi) is 5.40. The summed E-state index contributed by atoms with van der Waals surface area (Å²) in [6.07, 6.45) is 1.39. The van der Waals surface area contributed by atoms with Crippen LogP contribution in [0.4, 0.5) is 0 Å². The highest BCUT2D eigenvalue weighted by molar-refractivity contribution is 6.30. The molecule has 1 aromatic rings. The van der Waals surface area contributed by atoms with Crippen LogP contribution in [-0.4, -0.2) is 39.3 Å². The van der Waals surface area contributed by atoms with Gasteiger partial charge in [-0.25, -0.2) is 0 Å². The molecule has 2 N–H and O–H groups in total. The number of amides is 1. The van der Waals surface area contributed by atoms with Gasteiger partial charge in [0.1, 0.15) is 0 Å². The maximum atomic E-state index is 12.7. The lowest BCUT2D eigenvalue weighted by Crippen LogP contribution is -2.49. The van der Waals surface area contributed by atoms with Gasteiger partial charge < -0.3 is 15.4 Å². The van der Waals surface area contributed by atoms with E-state index in [-0.39, 0.29) is 5.91 Å². The number of carbonyl (C=O) groups is 1. The van der Waals surface area contributed by atoms with Crippen molar-refractivity contribution in [2.75, 3.05) is 33.4 Å². The Hall–Kier alpha value is -1.10. The van der Waals surface area contributed by atoms with Crippen LogP contribution in [-0.2, 0) is 14.9 Å². The summed E-state index contributed by atoms with van der Waals surface area (Å²) in [5.41, 5.74) is 0.465. The van der Waals surface area contributed by atoms with Crippen LogP contribution in [0.25, 0.3) is 0 Å². The lowest BCUT2D eigenvalue weighted by Gasteiger charge is -2.36. The van der Waals surface area contributed by atoms with E-state index in [9.17, 15) is 4.79 Å². The second kappa shape index (κ2) is 7.07. The van der Waals surface area contributed by atoms with Gasteiger partial charge in [-0.1, -0.05) is 23.7 Å². The number of carbonyl (C=O) groups excluding carboxylic acids is 1. The molecular weight excluding hydrogens is 276 g/mol. The number of hydrogen-bond donors (Lipinski definition) is 2. The third-order valence-corrected chi connectivity index (χ3v) is 4.05. The van der Waals surface area contributed by atoms with Gasteiger partial charge in [0.2, 0.25) is 5.91 Å². The average Bonchev–Trinajstić information content (AvgIpc) is 2.48. The summed E-state index contributed by atoms with van der Waals surface area (Å²) in [4.78, 5) is 12.7. The molecule has 2 rings (SSSR count). The number of likely N-dealkylation sites (N-methyl/N-ethyl adjacent to an activating group) is 1. The maximum Gasteiger partial charge on any atom is 0.230 e. The third kappa shape index (κ3) is 3.32. The van der Waals surface area contributed by atoms with E-state index in [0.717, 1.165) is 12.1 Å². The van der Waals surface area contributed by atoms with Crippen molar-refractivity contribution in [2.24, 2.45) is 0 Å². The van der Waals surface area contributed by atoms with Crippen molar-refractivity contribution in [3.63, 3.8) is 0 Å². The van der Waals surface area contributed by atoms with E-state index in [2.05, 4.69) is 10.6 Å². The normalized spacial score (nSPS) is 17.7. The monoisotopic (exact) mass is 296 g/mol. The number of hydrogen-bond acceptors (Lipinski definition) is 3. The number of nitrogens with one attached hydrogen (secondary N) is 2. The fourth-order valence-electron chi connectivity index (χ4n) is 2.62. The molecule has 0 aliphatic carbocycles. The molecule has 5 heteroatoms. The summed E-state index contributed by atoms with van der Waals surface area (Å²) in [7, 11) is 1.87. The first-order valence-electron chi connectivity index (χ1n) is 6.96. The van der Waals surface area contributed by atoms with E-state index in [1.54, 1.807) is 0 Å². The van der Waals surface area contributed by atoms with E-state index in [0.29, 0.717) is 37.6 Å². The molecule has 0 saturated carbocycles. The first kappa shape index (κ1) is 15.3. The third-order valence-electron chi connectivity index (χ3n) is 3.82. The number of ether oxygens (including phenoxy) is 1. The summed E-state index contributed by atoms with van der Waals surface area (Å²) in [6.45, 7) is 2.59. The van der Waals surface area contributed by atoms with Crippen LogP contribution in [0, 0.1) is 0 Å². The largest absolute Gasteiger partial charge is 0.381 e. The molecule has 0 radical (unpaired) electrons. The van der Waals surface area contributed by atoms with E-state index in [4.69, 9.17) is 16.3 Å². The van der Waals surface area contributed by atoms with E-state index in [1.165, 1.54) is 0 Å². The molecule has 4 nitrogen and oxygen atoms in total. The highest BCUT2D eigenvalue weighted by atomic mass is 35.5. The van der Waals surface area contributed by atoms with Crippen molar-refractivity contribution in [1.29, 1.82) is 0 Å². The van der Waals surface area contributed by atoms with Crippen LogP contribution < -0.4 is 10.6 Å². The van der Waals surface area contributed by atoms with Gasteiger partial charge in [-0.3, -0.25) is 4.79 Å². The molecule has 1 aromatic carbocycles. The fraction of sp³-hybridized carbons (Fsp3) is 0.533. The summed E-state index contributed by atoms with van der Waals surface area (Å²) < 4.78 is 5.43. The van der Waals surface area contributed by atoms with Crippen LogP contribution in [0.15, 0.2) is 24.3 Å². The van der Waals surface area contributed by atoms with Crippen LogP contribution in [0.1, 0.15) is 18.4 Å². The first-order valence-corrected chi connectivity index (χ1v) is 7.33. The molecule has 0 atom stereocenters. The number of rotatable bonds is 5. The SMILES string of the molecule is CNCCNC(=O)C1(c2cccc(Cl)c2)CCOCC1. The summed E-state index contributed by atoms with van der Waals surface area (Å²) >= 11 is 6.08. The predicted octanol–water partition coefficient (Wildman–Crippen LogP) is 1.72. The molecule has 0 bridgehead atoms. The fourth-order valence-corrected chi connectivity index (χ4v) is 2.81. The molecule has 1 amide bonds. The minimum atomic E-state index is -0.517. The van der Waals surface area contributed by atoms with E-state index >= 15 is 0 Å².